The number of benzene rings is 2. The summed E-state index contributed by atoms with van der Waals surface area (Å²) >= 11 is 0. The van der Waals surface area contributed by atoms with Gasteiger partial charge in [0.1, 0.15) is 0 Å². The highest BCUT2D eigenvalue weighted by atomic mass is 14.6. The Bertz CT molecular complexity index is 874. The average molecular weight is 353 g/mol. The topological polar surface area (TPSA) is 0 Å². The lowest BCUT2D eigenvalue weighted by molar-refractivity contribution is 0.171. The van der Waals surface area contributed by atoms with Crippen LogP contribution in [-0.4, -0.2) is 0 Å². The summed E-state index contributed by atoms with van der Waals surface area (Å²) in [5.41, 5.74) is 5.03. The lowest BCUT2D eigenvalue weighted by Gasteiger charge is -2.57. The van der Waals surface area contributed by atoms with E-state index in [0.29, 0.717) is 0 Å². The van der Waals surface area contributed by atoms with E-state index in [1.54, 1.807) is 0 Å². The third-order valence-corrected chi connectivity index (χ3v) is 7.16. The van der Waals surface area contributed by atoms with E-state index in [0.717, 1.165) is 0 Å². The third-order valence-electron chi connectivity index (χ3n) is 7.16. The van der Waals surface area contributed by atoms with Gasteiger partial charge in [-0.2, -0.15) is 0 Å². The summed E-state index contributed by atoms with van der Waals surface area (Å²) in [6.45, 7) is 9.38. The quantitative estimate of drug-likeness (QED) is 0.555. The van der Waals surface area contributed by atoms with Gasteiger partial charge < -0.3 is 0 Å². The van der Waals surface area contributed by atoms with Gasteiger partial charge in [0.15, 0.2) is 0 Å². The Kier molecular flexibility index (Phi) is 4.11. The molecule has 0 saturated heterocycles. The second-order valence-electron chi connectivity index (χ2n) is 8.30. The monoisotopic (exact) mass is 352 g/mol. The van der Waals surface area contributed by atoms with Crippen LogP contribution in [0.2, 0.25) is 0 Å². The zero-order valence-corrected chi connectivity index (χ0v) is 16.7. The summed E-state index contributed by atoms with van der Waals surface area (Å²) in [6, 6.07) is 22.2. The Labute approximate surface area is 163 Å². The summed E-state index contributed by atoms with van der Waals surface area (Å²) < 4.78 is 0. The third kappa shape index (κ3) is 2.22. The molecule has 27 heavy (non-hydrogen) atoms. The van der Waals surface area contributed by atoms with Crippen molar-refractivity contribution < 1.29 is 0 Å². The van der Waals surface area contributed by atoms with Gasteiger partial charge in [0, 0.05) is 16.2 Å². The number of rotatable bonds is 4. The van der Waals surface area contributed by atoms with Gasteiger partial charge in [0.05, 0.1) is 0 Å². The molecule has 0 amide bonds. The molecule has 2 atom stereocenters. The molecular formula is C27H28. The van der Waals surface area contributed by atoms with Gasteiger partial charge in [-0.05, 0) is 25.0 Å². The second kappa shape index (κ2) is 6.23. The maximum absolute atomic E-state index is 2.41. The first-order valence-electron chi connectivity index (χ1n) is 9.81. The molecule has 0 fully saturated rings. The normalized spacial score (nSPS) is 27.0. The van der Waals surface area contributed by atoms with E-state index < -0.39 is 0 Å². The van der Waals surface area contributed by atoms with Crippen LogP contribution in [0.4, 0.5) is 0 Å². The first kappa shape index (κ1) is 17.8. The standard InChI is InChI=1S/C27H28/c1-21-13-11-19-25(21,3)27(23-15-7-5-8-16-23,24-17-9-6-10-18-24)26(4)20-12-14-22(26)2/h5-20H,1-4H3. The van der Waals surface area contributed by atoms with Gasteiger partial charge >= 0.3 is 0 Å². The fraction of sp³-hybridized carbons (Fsp3) is 0.259. The molecule has 0 heterocycles. The van der Waals surface area contributed by atoms with Gasteiger partial charge in [-0.25, -0.2) is 0 Å². The molecule has 4 rings (SSSR count). The number of allylic oxidation sites excluding steroid dienone is 8. The van der Waals surface area contributed by atoms with Gasteiger partial charge in [0.2, 0.25) is 0 Å². The SMILES string of the molecule is CC1=CC=CC1(C)C(c1ccccc1)(c1ccccc1)C1(C)C=CC=C1C. The summed E-state index contributed by atoms with van der Waals surface area (Å²) in [7, 11) is 0. The first-order valence-corrected chi connectivity index (χ1v) is 9.81. The molecule has 0 aliphatic heterocycles. The van der Waals surface area contributed by atoms with Crippen LogP contribution in [0.5, 0.6) is 0 Å². The fourth-order valence-corrected chi connectivity index (χ4v) is 5.50. The van der Waals surface area contributed by atoms with Crippen molar-refractivity contribution in [2.75, 3.05) is 0 Å². The van der Waals surface area contributed by atoms with Crippen molar-refractivity contribution in [2.45, 2.75) is 33.1 Å². The lowest BCUT2D eigenvalue weighted by atomic mass is 9.44. The van der Waals surface area contributed by atoms with Crippen LogP contribution in [0.1, 0.15) is 38.8 Å². The molecule has 0 bridgehead atoms. The van der Waals surface area contributed by atoms with Crippen LogP contribution in [-0.2, 0) is 5.41 Å². The van der Waals surface area contributed by atoms with Gasteiger partial charge in [-0.3, -0.25) is 0 Å². The molecule has 2 unspecified atom stereocenters. The molecule has 2 aliphatic carbocycles. The highest BCUT2D eigenvalue weighted by molar-refractivity contribution is 5.58. The Balaban J connectivity index is 2.18. The molecule has 136 valence electrons. The molecule has 0 nitrogen and oxygen atoms in total. The van der Waals surface area contributed by atoms with E-state index in [-0.39, 0.29) is 16.2 Å². The highest BCUT2D eigenvalue weighted by Gasteiger charge is 2.61. The van der Waals surface area contributed by atoms with Crippen LogP contribution in [0, 0.1) is 10.8 Å². The Morgan fingerprint density at radius 1 is 0.593 bits per heavy atom. The van der Waals surface area contributed by atoms with E-state index in [4.69, 9.17) is 0 Å². The van der Waals surface area contributed by atoms with Crippen LogP contribution < -0.4 is 0 Å². The summed E-state index contributed by atoms with van der Waals surface area (Å²) in [5, 5.41) is 0. The highest BCUT2D eigenvalue weighted by Crippen LogP contribution is 2.65. The molecule has 0 aromatic heterocycles. The molecular weight excluding hydrogens is 324 g/mol. The maximum Gasteiger partial charge on any atom is 0.0453 e. The van der Waals surface area contributed by atoms with E-state index in [9.17, 15) is 0 Å². The largest absolute Gasteiger partial charge is 0.0733 e. The molecule has 2 aromatic carbocycles. The molecule has 2 aromatic rings. The Hall–Kier alpha value is -2.60. The summed E-state index contributed by atoms with van der Waals surface area (Å²) in [6.07, 6.45) is 13.8. The maximum atomic E-state index is 2.41. The van der Waals surface area contributed by atoms with Crippen molar-refractivity contribution in [2.24, 2.45) is 10.8 Å². The predicted molar refractivity (Wildman–Crippen MR) is 116 cm³/mol. The molecule has 0 spiro atoms. The fourth-order valence-electron chi connectivity index (χ4n) is 5.50. The molecule has 0 radical (unpaired) electrons. The minimum Gasteiger partial charge on any atom is -0.0733 e. The van der Waals surface area contributed by atoms with Gasteiger partial charge in [0.25, 0.3) is 0 Å². The molecule has 0 heteroatoms. The zero-order valence-electron chi connectivity index (χ0n) is 16.7. The van der Waals surface area contributed by atoms with Crippen LogP contribution in [0.3, 0.4) is 0 Å². The summed E-state index contributed by atoms with van der Waals surface area (Å²) in [5.74, 6) is 0. The van der Waals surface area contributed by atoms with Crippen molar-refractivity contribution >= 4 is 0 Å². The minimum atomic E-state index is -0.246. The lowest BCUT2D eigenvalue weighted by Crippen LogP contribution is -2.54. The van der Waals surface area contributed by atoms with E-state index in [1.807, 2.05) is 0 Å². The smallest absolute Gasteiger partial charge is 0.0453 e. The number of hydrogen-bond acceptors (Lipinski definition) is 0. The van der Waals surface area contributed by atoms with Crippen LogP contribution >= 0.6 is 0 Å². The average Bonchev–Trinajstić information content (AvgIpc) is 3.20. The molecule has 2 aliphatic rings. The first-order chi connectivity index (χ1) is 13.0. The minimum absolute atomic E-state index is 0.131. The molecule has 0 N–H and O–H groups in total. The predicted octanol–water partition coefficient (Wildman–Crippen LogP) is 7.02. The van der Waals surface area contributed by atoms with Crippen LogP contribution in [0.15, 0.2) is 108 Å². The van der Waals surface area contributed by atoms with Crippen molar-refractivity contribution in [3.8, 4) is 0 Å². The van der Waals surface area contributed by atoms with Crippen molar-refractivity contribution in [1.82, 2.24) is 0 Å². The van der Waals surface area contributed by atoms with E-state index in [1.165, 1.54) is 22.3 Å². The van der Waals surface area contributed by atoms with E-state index in [2.05, 4.69) is 125 Å². The zero-order chi connectivity index (χ0) is 19.1. The molecule has 0 saturated carbocycles. The van der Waals surface area contributed by atoms with Crippen LogP contribution in [0.25, 0.3) is 0 Å². The Morgan fingerprint density at radius 2 is 0.963 bits per heavy atom. The summed E-state index contributed by atoms with van der Waals surface area (Å²) in [4.78, 5) is 0. The second-order valence-corrected chi connectivity index (χ2v) is 8.30. The Morgan fingerprint density at radius 3 is 1.26 bits per heavy atom. The van der Waals surface area contributed by atoms with E-state index >= 15 is 0 Å². The van der Waals surface area contributed by atoms with Crippen molar-refractivity contribution in [3.05, 3.63) is 119 Å². The van der Waals surface area contributed by atoms with Crippen molar-refractivity contribution in [3.63, 3.8) is 0 Å². The van der Waals surface area contributed by atoms with Gasteiger partial charge in [-0.15, -0.1) is 0 Å². The van der Waals surface area contributed by atoms with Crippen molar-refractivity contribution in [1.29, 1.82) is 0 Å². The number of hydrogen-bond donors (Lipinski definition) is 0. The van der Waals surface area contributed by atoms with Gasteiger partial charge in [-0.1, -0.05) is 122 Å².